The zero-order valence-electron chi connectivity index (χ0n) is 15.8. The van der Waals surface area contributed by atoms with Gasteiger partial charge in [0.25, 0.3) is 0 Å². The zero-order valence-corrected chi connectivity index (χ0v) is 15.8. The third-order valence-corrected chi connectivity index (χ3v) is 5.01. The van der Waals surface area contributed by atoms with Gasteiger partial charge in [0.15, 0.2) is 17.2 Å². The average molecular weight is 376 g/mol. The van der Waals surface area contributed by atoms with E-state index in [1.165, 1.54) is 0 Å². The Morgan fingerprint density at radius 3 is 2.50 bits per heavy atom. The lowest BCUT2D eigenvalue weighted by molar-refractivity contribution is 0.578. The molecule has 1 saturated heterocycles. The molecule has 1 fully saturated rings. The molecule has 0 aliphatic carbocycles. The second kappa shape index (κ2) is 6.59. The van der Waals surface area contributed by atoms with Crippen LogP contribution in [0.25, 0.3) is 22.5 Å². The highest BCUT2D eigenvalue weighted by molar-refractivity contribution is 5.87. The lowest BCUT2D eigenvalue weighted by Gasteiger charge is -2.36. The lowest BCUT2D eigenvalue weighted by atomic mass is 10.2. The highest BCUT2D eigenvalue weighted by Crippen LogP contribution is 2.25. The lowest BCUT2D eigenvalue weighted by Crippen LogP contribution is -2.47. The van der Waals surface area contributed by atoms with E-state index in [9.17, 15) is 0 Å². The van der Waals surface area contributed by atoms with Crippen LogP contribution in [0.1, 0.15) is 5.82 Å². The van der Waals surface area contributed by atoms with E-state index >= 15 is 0 Å². The van der Waals surface area contributed by atoms with Crippen LogP contribution in [0.2, 0.25) is 0 Å². The predicted octanol–water partition coefficient (Wildman–Crippen LogP) is 2.05. The van der Waals surface area contributed by atoms with Crippen LogP contribution >= 0.6 is 0 Å². The van der Waals surface area contributed by atoms with Crippen molar-refractivity contribution in [1.82, 2.24) is 29.9 Å². The maximum absolute atomic E-state index is 5.37. The Balaban J connectivity index is 1.33. The molecule has 0 saturated carbocycles. The van der Waals surface area contributed by atoms with E-state index in [0.29, 0.717) is 0 Å². The number of aryl methyl sites for hydroxylation is 2. The number of rotatable bonds is 3. The quantitative estimate of drug-likeness (QED) is 0.537. The largest absolute Gasteiger partial charge is 0.463 e. The van der Waals surface area contributed by atoms with E-state index in [0.717, 1.165) is 66.1 Å². The third-order valence-electron chi connectivity index (χ3n) is 5.01. The second-order valence-electron chi connectivity index (χ2n) is 6.83. The van der Waals surface area contributed by atoms with Gasteiger partial charge < -0.3 is 14.2 Å². The highest BCUT2D eigenvalue weighted by atomic mass is 16.3. The van der Waals surface area contributed by atoms with Crippen LogP contribution in [-0.2, 0) is 7.05 Å². The summed E-state index contributed by atoms with van der Waals surface area (Å²) in [4.78, 5) is 13.7. The van der Waals surface area contributed by atoms with Crippen molar-refractivity contribution in [2.45, 2.75) is 6.92 Å². The minimum atomic E-state index is 0.725. The first-order chi connectivity index (χ1) is 13.7. The second-order valence-corrected chi connectivity index (χ2v) is 6.83. The molecule has 0 radical (unpaired) electrons. The van der Waals surface area contributed by atoms with Gasteiger partial charge in [-0.2, -0.15) is 5.10 Å². The van der Waals surface area contributed by atoms with Crippen LogP contribution < -0.4 is 9.80 Å². The summed E-state index contributed by atoms with van der Waals surface area (Å²) in [6.45, 7) is 5.31. The minimum Gasteiger partial charge on any atom is -0.463 e. The molecule has 4 aromatic rings. The molecular formula is C19H20N8O. The van der Waals surface area contributed by atoms with Crippen LogP contribution in [-0.4, -0.2) is 56.1 Å². The van der Waals surface area contributed by atoms with Crippen molar-refractivity contribution in [3.05, 3.63) is 42.5 Å². The Labute approximate surface area is 161 Å². The first-order valence-electron chi connectivity index (χ1n) is 9.23. The van der Waals surface area contributed by atoms with Crippen molar-refractivity contribution in [1.29, 1.82) is 0 Å². The number of anilines is 2. The molecule has 0 spiro atoms. The minimum absolute atomic E-state index is 0.725. The van der Waals surface area contributed by atoms with E-state index in [1.54, 1.807) is 10.9 Å². The van der Waals surface area contributed by atoms with Gasteiger partial charge in [-0.15, -0.1) is 10.2 Å². The first kappa shape index (κ1) is 16.7. The van der Waals surface area contributed by atoms with Crippen LogP contribution in [0.15, 0.2) is 41.1 Å². The molecule has 4 aromatic heterocycles. The van der Waals surface area contributed by atoms with Gasteiger partial charge in [-0.25, -0.2) is 9.97 Å². The summed E-state index contributed by atoms with van der Waals surface area (Å²) in [6.07, 6.45) is 3.48. The van der Waals surface area contributed by atoms with Crippen LogP contribution in [0, 0.1) is 6.92 Å². The maximum Gasteiger partial charge on any atom is 0.163 e. The van der Waals surface area contributed by atoms with Gasteiger partial charge in [0, 0.05) is 33.2 Å². The molecule has 0 unspecified atom stereocenters. The topological polar surface area (TPSA) is 89.0 Å². The fraction of sp³-hybridized carbons (Fsp3) is 0.316. The van der Waals surface area contributed by atoms with Gasteiger partial charge in [0.1, 0.15) is 17.3 Å². The SMILES string of the molecule is Cc1nc(N2CCN(c3ccc(-c4ccco4)nn3)CC2)c2cnn(C)c2n1. The van der Waals surface area contributed by atoms with Gasteiger partial charge in [-0.1, -0.05) is 0 Å². The Kier molecular flexibility index (Phi) is 3.92. The van der Waals surface area contributed by atoms with E-state index in [1.807, 2.05) is 44.4 Å². The van der Waals surface area contributed by atoms with Crippen molar-refractivity contribution >= 4 is 22.7 Å². The fourth-order valence-corrected chi connectivity index (χ4v) is 3.55. The van der Waals surface area contributed by atoms with Crippen molar-refractivity contribution < 1.29 is 4.42 Å². The smallest absolute Gasteiger partial charge is 0.163 e. The van der Waals surface area contributed by atoms with Crippen molar-refractivity contribution in [2.24, 2.45) is 7.05 Å². The molecule has 0 amide bonds. The highest BCUT2D eigenvalue weighted by Gasteiger charge is 2.22. The Bertz CT molecular complexity index is 1100. The van der Waals surface area contributed by atoms with E-state index in [2.05, 4.69) is 35.1 Å². The molecule has 9 heteroatoms. The molecule has 1 aliphatic heterocycles. The molecule has 5 rings (SSSR count). The summed E-state index contributed by atoms with van der Waals surface area (Å²) in [5.41, 5.74) is 1.60. The summed E-state index contributed by atoms with van der Waals surface area (Å²) < 4.78 is 7.16. The average Bonchev–Trinajstić information content (AvgIpc) is 3.39. The van der Waals surface area contributed by atoms with E-state index in [4.69, 9.17) is 4.42 Å². The molecule has 28 heavy (non-hydrogen) atoms. The van der Waals surface area contributed by atoms with Gasteiger partial charge in [-0.3, -0.25) is 4.68 Å². The number of furan rings is 1. The summed E-state index contributed by atoms with van der Waals surface area (Å²) in [5.74, 6) is 3.31. The Morgan fingerprint density at radius 2 is 1.79 bits per heavy atom. The summed E-state index contributed by atoms with van der Waals surface area (Å²) in [7, 11) is 1.90. The first-order valence-corrected chi connectivity index (χ1v) is 9.23. The Hall–Kier alpha value is -3.49. The normalized spacial score (nSPS) is 14.8. The summed E-state index contributed by atoms with van der Waals surface area (Å²) in [5, 5.41) is 14.0. The molecule has 0 N–H and O–H groups in total. The zero-order chi connectivity index (χ0) is 19.1. The molecule has 142 valence electrons. The van der Waals surface area contributed by atoms with Crippen LogP contribution in [0.5, 0.6) is 0 Å². The number of nitrogens with zero attached hydrogens (tertiary/aromatic N) is 8. The monoisotopic (exact) mass is 376 g/mol. The molecule has 5 heterocycles. The molecule has 1 aliphatic rings. The Morgan fingerprint density at radius 1 is 0.964 bits per heavy atom. The number of fused-ring (bicyclic) bond motifs is 1. The molecule has 0 aromatic carbocycles. The predicted molar refractivity (Wildman–Crippen MR) is 105 cm³/mol. The van der Waals surface area contributed by atoms with Gasteiger partial charge in [-0.05, 0) is 31.2 Å². The fourth-order valence-electron chi connectivity index (χ4n) is 3.55. The van der Waals surface area contributed by atoms with Gasteiger partial charge in [0.05, 0.1) is 17.8 Å². The van der Waals surface area contributed by atoms with E-state index < -0.39 is 0 Å². The van der Waals surface area contributed by atoms with Crippen LogP contribution in [0.4, 0.5) is 11.6 Å². The molecule has 0 bridgehead atoms. The molecule has 0 atom stereocenters. The van der Waals surface area contributed by atoms with Crippen molar-refractivity contribution in [2.75, 3.05) is 36.0 Å². The van der Waals surface area contributed by atoms with Gasteiger partial charge >= 0.3 is 0 Å². The molecule has 9 nitrogen and oxygen atoms in total. The maximum atomic E-state index is 5.37. The standard InChI is InChI=1S/C19H20N8O/c1-13-21-18-14(12-20-25(18)2)19(22-13)27-9-7-26(8-10-27)17-6-5-15(23-24-17)16-4-3-11-28-16/h3-6,11-12H,7-10H2,1-2H3. The molecular weight excluding hydrogens is 356 g/mol. The summed E-state index contributed by atoms with van der Waals surface area (Å²) >= 11 is 0. The van der Waals surface area contributed by atoms with Gasteiger partial charge in [0.2, 0.25) is 0 Å². The number of hydrogen-bond donors (Lipinski definition) is 0. The number of aromatic nitrogens is 6. The summed E-state index contributed by atoms with van der Waals surface area (Å²) in [6, 6.07) is 7.67. The number of piperazine rings is 1. The van der Waals surface area contributed by atoms with Crippen molar-refractivity contribution in [3.8, 4) is 11.5 Å². The van der Waals surface area contributed by atoms with E-state index in [-0.39, 0.29) is 0 Å². The number of hydrogen-bond acceptors (Lipinski definition) is 8. The third kappa shape index (κ3) is 2.84. The van der Waals surface area contributed by atoms with Crippen LogP contribution in [0.3, 0.4) is 0 Å². The van der Waals surface area contributed by atoms with Crippen molar-refractivity contribution in [3.63, 3.8) is 0 Å².